The van der Waals surface area contributed by atoms with Gasteiger partial charge in [0.25, 0.3) is 0 Å². The van der Waals surface area contributed by atoms with Crippen LogP contribution in [0.2, 0.25) is 20.1 Å². The molecule has 7 nitrogen and oxygen atoms in total. The van der Waals surface area contributed by atoms with Gasteiger partial charge in [0.15, 0.2) is 0 Å². The first-order valence-corrected chi connectivity index (χ1v) is 14.0. The highest BCUT2D eigenvalue weighted by Crippen LogP contribution is 2.33. The zero-order valence-corrected chi connectivity index (χ0v) is 25.7. The van der Waals surface area contributed by atoms with Crippen LogP contribution in [-0.4, -0.2) is 32.5 Å². The van der Waals surface area contributed by atoms with Gasteiger partial charge in [-0.1, -0.05) is 94.2 Å². The van der Waals surface area contributed by atoms with Crippen molar-refractivity contribution in [2.45, 2.75) is 0 Å². The van der Waals surface area contributed by atoms with Crippen LogP contribution < -0.4 is 22.1 Å². The molecule has 2 aromatic rings. The quantitative estimate of drug-likeness (QED) is 0.146. The minimum atomic E-state index is -0.245. The second-order valence-electron chi connectivity index (χ2n) is 5.56. The molecule has 15 heteroatoms. The van der Waals surface area contributed by atoms with Crippen molar-refractivity contribution in [1.29, 1.82) is 0 Å². The van der Waals surface area contributed by atoms with E-state index in [4.69, 9.17) is 57.9 Å². The summed E-state index contributed by atoms with van der Waals surface area (Å²) in [6.07, 6.45) is 0. The van der Waals surface area contributed by atoms with Crippen molar-refractivity contribution in [2.75, 3.05) is 38.1 Å². The molecule has 6 N–H and O–H groups in total. The smallest absolute Gasteiger partial charge is 0.235 e. The summed E-state index contributed by atoms with van der Waals surface area (Å²) >= 11 is 34.8. The third-order valence-corrected chi connectivity index (χ3v) is 6.91. The first kappa shape index (κ1) is 32.7. The number of hydrogen-bond acceptors (Lipinski definition) is 5. The van der Waals surface area contributed by atoms with Gasteiger partial charge in [-0.25, -0.2) is 0 Å². The molecule has 0 unspecified atom stereocenters. The Morgan fingerprint density at radius 1 is 0.667 bits per heavy atom. The normalized spacial score (nSPS) is 9.58. The van der Waals surface area contributed by atoms with E-state index in [1.54, 1.807) is 0 Å². The van der Waals surface area contributed by atoms with Gasteiger partial charge in [0.1, 0.15) is 0 Å². The van der Waals surface area contributed by atoms with Crippen LogP contribution in [0.5, 0.6) is 0 Å². The molecule has 2 rings (SSSR count). The van der Waals surface area contributed by atoms with Gasteiger partial charge in [-0.3, -0.25) is 14.4 Å². The minimum absolute atomic E-state index is 0.0162. The molecule has 2 amide bonds. The molecule has 0 aliphatic rings. The molecule has 0 saturated heterocycles. The van der Waals surface area contributed by atoms with Crippen molar-refractivity contribution in [1.82, 2.24) is 0 Å². The molecule has 0 bridgehead atoms. The summed E-state index contributed by atoms with van der Waals surface area (Å²) in [4.78, 5) is 32.1. The van der Waals surface area contributed by atoms with E-state index in [-0.39, 0.29) is 27.2 Å². The number of nitrogens with two attached hydrogens (primary N) is 2. The van der Waals surface area contributed by atoms with Crippen LogP contribution in [0.25, 0.3) is 0 Å². The number of halogens is 8. The maximum atomic E-state index is 11.2. The van der Waals surface area contributed by atoms with Gasteiger partial charge < -0.3 is 22.1 Å². The third-order valence-electron chi connectivity index (χ3n) is 3.07. The lowest BCUT2D eigenvalue weighted by Crippen LogP contribution is -2.14. The number of alkyl halides is 3. The Balaban J connectivity index is 0.000000569. The molecule has 0 saturated carbocycles. The molecule has 0 aliphatic heterocycles. The topological polar surface area (TPSA) is 127 Å². The number of rotatable bonds is 5. The predicted molar refractivity (Wildman–Crippen MR) is 154 cm³/mol. The summed E-state index contributed by atoms with van der Waals surface area (Å²) in [5.74, 6) is -0.490. The minimum Gasteiger partial charge on any atom is -0.397 e. The van der Waals surface area contributed by atoms with E-state index >= 15 is 0 Å². The van der Waals surface area contributed by atoms with E-state index in [1.165, 1.54) is 24.3 Å². The van der Waals surface area contributed by atoms with E-state index in [9.17, 15) is 14.4 Å². The fourth-order valence-corrected chi connectivity index (χ4v) is 2.73. The summed E-state index contributed by atoms with van der Waals surface area (Å²) in [5.41, 5.74) is 12.5. The average Bonchev–Trinajstić information content (AvgIpc) is 2.76. The van der Waals surface area contributed by atoms with Crippen LogP contribution in [0.15, 0.2) is 24.3 Å². The first-order chi connectivity index (χ1) is 15.4. The zero-order chi connectivity index (χ0) is 25.7. The maximum Gasteiger partial charge on any atom is 0.235 e. The Morgan fingerprint density at radius 2 is 0.970 bits per heavy atom. The van der Waals surface area contributed by atoms with E-state index < -0.39 is 0 Å². The van der Waals surface area contributed by atoms with Crippen LogP contribution >= 0.6 is 110 Å². The van der Waals surface area contributed by atoms with Crippen molar-refractivity contribution in [2.24, 2.45) is 0 Å². The molecule has 33 heavy (non-hydrogen) atoms. The summed E-state index contributed by atoms with van der Waals surface area (Å²) in [5, 5.41) is 7.29. The van der Waals surface area contributed by atoms with Gasteiger partial charge in [-0.05, 0) is 40.2 Å². The number of carbonyl (C=O) groups excluding carboxylic acids is 3. The molecule has 182 valence electrons. The Morgan fingerprint density at radius 3 is 1.21 bits per heavy atom. The van der Waals surface area contributed by atoms with Crippen molar-refractivity contribution in [3.63, 3.8) is 0 Å². The molecule has 0 atom stereocenters. The fourth-order valence-electron chi connectivity index (χ4n) is 1.68. The van der Waals surface area contributed by atoms with Crippen molar-refractivity contribution >= 4 is 149 Å². The Labute approximate surface area is 244 Å². The zero-order valence-electron chi connectivity index (χ0n) is 16.3. The number of hydrogen-bond donors (Lipinski definition) is 4. The van der Waals surface area contributed by atoms with E-state index in [0.29, 0.717) is 48.2 Å². The van der Waals surface area contributed by atoms with Gasteiger partial charge >= 0.3 is 0 Å². The highest BCUT2D eigenvalue weighted by atomic mass is 79.9. The standard InChI is InChI=1S/C10H8Br2Cl2N2O2.C6H6Cl2N2.C2H2Br2O/c11-3-9(17)15-7-1-5(13)8(2-6(7)14)16-10(18)4-12;7-3-1-5(9)4(8)2-6(3)10;3-1-2(4)5/h1-2H,3-4H2,(H,15,17)(H,16,18);1-2H,9-10H2;1H2. The van der Waals surface area contributed by atoms with E-state index in [0.717, 1.165) is 0 Å². The van der Waals surface area contributed by atoms with Crippen LogP contribution in [0.3, 0.4) is 0 Å². The molecular formula is C18H16Br4Cl4N4O3. The highest BCUT2D eigenvalue weighted by Gasteiger charge is 2.11. The van der Waals surface area contributed by atoms with Crippen LogP contribution in [0.4, 0.5) is 22.7 Å². The summed E-state index contributed by atoms with van der Waals surface area (Å²) in [6.45, 7) is 0. The Hall–Kier alpha value is -0.270. The molecule has 0 radical (unpaired) electrons. The number of carbonyl (C=O) groups is 3. The molecule has 0 spiro atoms. The summed E-state index contributed by atoms with van der Waals surface area (Å²) in [6, 6.07) is 6.01. The summed E-state index contributed by atoms with van der Waals surface area (Å²) in [7, 11) is 0. The second kappa shape index (κ2) is 17.2. The third kappa shape index (κ3) is 13.4. The lowest BCUT2D eigenvalue weighted by molar-refractivity contribution is -0.114. The predicted octanol–water partition coefficient (Wildman–Crippen LogP) is 7.12. The van der Waals surface area contributed by atoms with Gasteiger partial charge in [-0.15, -0.1) is 0 Å². The van der Waals surface area contributed by atoms with Gasteiger partial charge in [0.05, 0.1) is 58.8 Å². The Bertz CT molecular complexity index is 906. The molecule has 0 aliphatic carbocycles. The highest BCUT2D eigenvalue weighted by molar-refractivity contribution is 9.19. The number of nitrogen functional groups attached to an aromatic ring is 2. The van der Waals surface area contributed by atoms with Crippen molar-refractivity contribution in [3.8, 4) is 0 Å². The Kier molecular flexibility index (Phi) is 17.1. The second-order valence-corrected chi connectivity index (χ2v) is 9.75. The maximum absolute atomic E-state index is 11.2. The largest absolute Gasteiger partial charge is 0.397 e. The summed E-state index contributed by atoms with van der Waals surface area (Å²) < 4.78 is -0.0162. The van der Waals surface area contributed by atoms with E-state index in [1.807, 2.05) is 0 Å². The lowest BCUT2D eigenvalue weighted by atomic mass is 10.2. The van der Waals surface area contributed by atoms with Crippen LogP contribution in [0, 0.1) is 0 Å². The fraction of sp³-hybridized carbons (Fsp3) is 0.167. The number of benzene rings is 2. The number of nitrogens with one attached hydrogen (secondary N) is 2. The van der Waals surface area contributed by atoms with E-state index in [2.05, 4.69) is 74.4 Å². The average molecular weight is 798 g/mol. The molecule has 0 aromatic heterocycles. The van der Waals surface area contributed by atoms with Crippen LogP contribution in [0.1, 0.15) is 0 Å². The molecule has 2 aromatic carbocycles. The molecular weight excluding hydrogens is 782 g/mol. The van der Waals surface area contributed by atoms with Gasteiger partial charge in [0.2, 0.25) is 16.5 Å². The molecule has 0 fully saturated rings. The number of anilines is 4. The van der Waals surface area contributed by atoms with Gasteiger partial charge in [0, 0.05) is 0 Å². The lowest BCUT2D eigenvalue weighted by Gasteiger charge is -2.11. The number of amides is 2. The first-order valence-electron chi connectivity index (χ1n) is 8.31. The van der Waals surface area contributed by atoms with Gasteiger partial charge in [-0.2, -0.15) is 0 Å². The SMILES string of the molecule is Nc1cc(Cl)c(N)cc1Cl.O=C(Br)CBr.O=C(CBr)Nc1cc(Cl)c(NC(=O)CBr)cc1Cl. The molecule has 0 heterocycles. The monoisotopic (exact) mass is 792 g/mol. The van der Waals surface area contributed by atoms with Crippen LogP contribution in [-0.2, 0) is 14.4 Å². The van der Waals surface area contributed by atoms with Crippen molar-refractivity contribution in [3.05, 3.63) is 44.4 Å². The van der Waals surface area contributed by atoms with Crippen molar-refractivity contribution < 1.29 is 14.4 Å².